The summed E-state index contributed by atoms with van der Waals surface area (Å²) in [5.74, 6) is -1.15. The van der Waals surface area contributed by atoms with Crippen molar-refractivity contribution >= 4 is 44.0 Å². The predicted octanol–water partition coefficient (Wildman–Crippen LogP) is 4.08. The summed E-state index contributed by atoms with van der Waals surface area (Å²) >= 11 is 0. The molecule has 2 heterocycles. The van der Waals surface area contributed by atoms with Crippen molar-refractivity contribution < 1.29 is 26.8 Å². The predicted molar refractivity (Wildman–Crippen MR) is 116 cm³/mol. The lowest BCUT2D eigenvalue weighted by atomic mass is 10.1. The van der Waals surface area contributed by atoms with Gasteiger partial charge < -0.3 is 19.5 Å². The second kappa shape index (κ2) is 8.11. The number of para-hydroxylation sites is 1. The Kier molecular flexibility index (Phi) is 5.35. The second-order valence-corrected chi connectivity index (χ2v) is 9.08. The van der Waals surface area contributed by atoms with Crippen LogP contribution in [0.3, 0.4) is 0 Å². The van der Waals surface area contributed by atoms with Gasteiger partial charge in [0.2, 0.25) is 0 Å². The van der Waals surface area contributed by atoms with E-state index < -0.39 is 21.7 Å². The Labute approximate surface area is 177 Å². The highest BCUT2D eigenvalue weighted by Crippen LogP contribution is 2.28. The fourth-order valence-electron chi connectivity index (χ4n) is 3.11. The van der Waals surface area contributed by atoms with Crippen molar-refractivity contribution in [1.82, 2.24) is 0 Å². The molecule has 158 valence electrons. The molecule has 0 fully saturated rings. The minimum absolute atomic E-state index is 0.0539. The molecule has 0 unspecified atom stereocenters. The number of hydrogen-bond donors (Lipinski definition) is 2. The van der Waals surface area contributed by atoms with Crippen LogP contribution in [0.15, 0.2) is 75.8 Å². The van der Waals surface area contributed by atoms with Crippen LogP contribution in [0, 0.1) is 0 Å². The molecular weight excluding hydrogens is 420 g/mol. The number of hydrogen-bond acceptors (Lipinski definition) is 6. The molecule has 31 heavy (non-hydrogen) atoms. The number of carbonyl (C=O) groups excluding carboxylic acids is 2. The molecule has 0 bridgehead atoms. The first-order valence-electron chi connectivity index (χ1n) is 9.24. The molecule has 2 amide bonds. The fourth-order valence-corrected chi connectivity index (χ4v) is 3.92. The van der Waals surface area contributed by atoms with E-state index in [1.807, 2.05) is 0 Å². The van der Waals surface area contributed by atoms with Crippen molar-refractivity contribution in [2.24, 2.45) is 0 Å². The monoisotopic (exact) mass is 438 g/mol. The van der Waals surface area contributed by atoms with Gasteiger partial charge in [0, 0.05) is 28.6 Å². The van der Waals surface area contributed by atoms with E-state index in [2.05, 4.69) is 10.6 Å². The van der Waals surface area contributed by atoms with E-state index in [9.17, 15) is 18.0 Å². The molecule has 8 nitrogen and oxygen atoms in total. The standard InChI is InChI=1S/C22H18N2O6S/c1-31(27,28)13-17-16-5-2-3-6-18(16)30-20(17)22(26)24-15-10-8-14(9-11-15)23-21(25)19-7-4-12-29-19/h2-12H,13H2,1H3,(H,23,25)(H,24,26). The Hall–Kier alpha value is -3.85. The molecule has 2 aromatic carbocycles. The van der Waals surface area contributed by atoms with E-state index in [1.54, 1.807) is 60.7 Å². The summed E-state index contributed by atoms with van der Waals surface area (Å²) in [6.45, 7) is 0. The molecule has 0 radical (unpaired) electrons. The second-order valence-electron chi connectivity index (χ2n) is 6.94. The number of furan rings is 2. The molecule has 0 atom stereocenters. The highest BCUT2D eigenvalue weighted by Gasteiger charge is 2.23. The lowest BCUT2D eigenvalue weighted by Crippen LogP contribution is -2.15. The normalized spacial score (nSPS) is 11.4. The van der Waals surface area contributed by atoms with Crippen LogP contribution in [0.2, 0.25) is 0 Å². The van der Waals surface area contributed by atoms with Gasteiger partial charge in [-0.2, -0.15) is 0 Å². The highest BCUT2D eigenvalue weighted by molar-refractivity contribution is 7.89. The molecule has 4 rings (SSSR count). The quantitative estimate of drug-likeness (QED) is 0.468. The maximum absolute atomic E-state index is 12.8. The summed E-state index contributed by atoms with van der Waals surface area (Å²) in [6, 6.07) is 16.5. The van der Waals surface area contributed by atoms with Crippen molar-refractivity contribution in [2.75, 3.05) is 16.9 Å². The first kappa shape index (κ1) is 20.4. The maximum atomic E-state index is 12.8. The van der Waals surface area contributed by atoms with Gasteiger partial charge >= 0.3 is 0 Å². The number of rotatable bonds is 6. The number of anilines is 2. The van der Waals surface area contributed by atoms with Crippen LogP contribution in [-0.2, 0) is 15.6 Å². The SMILES string of the molecule is CS(=O)(=O)Cc1c(C(=O)Nc2ccc(NC(=O)c3ccco3)cc2)oc2ccccc12. The molecule has 2 aromatic heterocycles. The van der Waals surface area contributed by atoms with Crippen LogP contribution in [0.5, 0.6) is 0 Å². The Morgan fingerprint density at radius 2 is 1.52 bits per heavy atom. The van der Waals surface area contributed by atoms with Crippen molar-refractivity contribution in [1.29, 1.82) is 0 Å². The zero-order chi connectivity index (χ0) is 22.0. The molecule has 0 saturated carbocycles. The third-order valence-electron chi connectivity index (χ3n) is 4.46. The minimum atomic E-state index is -3.39. The first-order chi connectivity index (χ1) is 14.8. The summed E-state index contributed by atoms with van der Waals surface area (Å²) < 4.78 is 34.4. The molecule has 0 aliphatic rings. The molecular formula is C22H18N2O6S. The summed E-state index contributed by atoms with van der Waals surface area (Å²) in [6.07, 6.45) is 2.51. The highest BCUT2D eigenvalue weighted by atomic mass is 32.2. The van der Waals surface area contributed by atoms with Gasteiger partial charge in [-0.1, -0.05) is 18.2 Å². The largest absolute Gasteiger partial charge is 0.459 e. The zero-order valence-electron chi connectivity index (χ0n) is 16.4. The molecule has 9 heteroatoms. The van der Waals surface area contributed by atoms with E-state index in [1.165, 1.54) is 6.26 Å². The molecule has 0 aliphatic carbocycles. The summed E-state index contributed by atoms with van der Waals surface area (Å²) in [7, 11) is -3.39. The average Bonchev–Trinajstić information content (AvgIpc) is 3.37. The van der Waals surface area contributed by atoms with Crippen molar-refractivity contribution in [3.05, 3.63) is 84.0 Å². The topological polar surface area (TPSA) is 119 Å². The number of nitrogens with one attached hydrogen (secondary N) is 2. The van der Waals surface area contributed by atoms with Crippen molar-refractivity contribution in [2.45, 2.75) is 5.75 Å². The van der Waals surface area contributed by atoms with Crippen LogP contribution < -0.4 is 10.6 Å². The molecule has 0 spiro atoms. The van der Waals surface area contributed by atoms with Gasteiger partial charge in [-0.25, -0.2) is 8.42 Å². The number of sulfone groups is 1. The summed E-state index contributed by atoms with van der Waals surface area (Å²) in [5, 5.41) is 5.95. The molecule has 2 N–H and O–H groups in total. The fraction of sp³-hybridized carbons (Fsp3) is 0.0909. The van der Waals surface area contributed by atoms with Gasteiger partial charge in [0.05, 0.1) is 12.0 Å². The van der Waals surface area contributed by atoms with E-state index in [0.717, 1.165) is 6.26 Å². The summed E-state index contributed by atoms with van der Waals surface area (Å²) in [5.41, 5.74) is 1.72. The first-order valence-corrected chi connectivity index (χ1v) is 11.3. The maximum Gasteiger partial charge on any atom is 0.291 e. The smallest absolute Gasteiger partial charge is 0.291 e. The van der Waals surface area contributed by atoms with Gasteiger partial charge in [-0.3, -0.25) is 9.59 Å². The van der Waals surface area contributed by atoms with Crippen molar-refractivity contribution in [3.8, 4) is 0 Å². The van der Waals surface area contributed by atoms with Crippen LogP contribution in [0.1, 0.15) is 26.7 Å². The Bertz CT molecular complexity index is 1350. The third kappa shape index (κ3) is 4.67. The van der Waals surface area contributed by atoms with E-state index in [0.29, 0.717) is 27.9 Å². The molecule has 0 saturated heterocycles. The van der Waals surface area contributed by atoms with Gasteiger partial charge in [0.1, 0.15) is 5.58 Å². The van der Waals surface area contributed by atoms with Crippen LogP contribution in [0.4, 0.5) is 11.4 Å². The Morgan fingerprint density at radius 1 is 0.871 bits per heavy atom. The van der Waals surface area contributed by atoms with Crippen molar-refractivity contribution in [3.63, 3.8) is 0 Å². The Balaban J connectivity index is 1.54. The van der Waals surface area contributed by atoms with E-state index >= 15 is 0 Å². The Morgan fingerprint density at radius 3 is 2.13 bits per heavy atom. The van der Waals surface area contributed by atoms with Gasteiger partial charge in [0.15, 0.2) is 21.4 Å². The molecule has 4 aromatic rings. The van der Waals surface area contributed by atoms with Gasteiger partial charge in [-0.05, 0) is 42.5 Å². The number of carbonyl (C=O) groups is 2. The van der Waals surface area contributed by atoms with E-state index in [-0.39, 0.29) is 17.3 Å². The van der Waals surface area contributed by atoms with E-state index in [4.69, 9.17) is 8.83 Å². The molecule has 0 aliphatic heterocycles. The lowest BCUT2D eigenvalue weighted by molar-refractivity contribution is 0.0989. The van der Waals surface area contributed by atoms with Crippen LogP contribution in [-0.4, -0.2) is 26.5 Å². The number of amides is 2. The van der Waals surface area contributed by atoms with Gasteiger partial charge in [-0.15, -0.1) is 0 Å². The zero-order valence-corrected chi connectivity index (χ0v) is 17.2. The van der Waals surface area contributed by atoms with Gasteiger partial charge in [0.25, 0.3) is 11.8 Å². The minimum Gasteiger partial charge on any atom is -0.459 e. The third-order valence-corrected chi connectivity index (χ3v) is 5.27. The average molecular weight is 438 g/mol. The summed E-state index contributed by atoms with van der Waals surface area (Å²) in [4.78, 5) is 24.9. The lowest BCUT2D eigenvalue weighted by Gasteiger charge is -2.07. The number of benzene rings is 2. The number of fused-ring (bicyclic) bond motifs is 1. The van der Waals surface area contributed by atoms with Crippen LogP contribution >= 0.6 is 0 Å². The van der Waals surface area contributed by atoms with Crippen LogP contribution in [0.25, 0.3) is 11.0 Å².